The highest BCUT2D eigenvalue weighted by molar-refractivity contribution is 5.94. The van der Waals surface area contributed by atoms with Crippen molar-refractivity contribution in [1.29, 1.82) is 0 Å². The number of nitro groups is 1. The van der Waals surface area contributed by atoms with Gasteiger partial charge in [-0.15, -0.1) is 0 Å². The third-order valence-electron chi connectivity index (χ3n) is 2.22. The number of fused-ring (bicyclic) bond motifs is 1. The zero-order chi connectivity index (χ0) is 11.7. The van der Waals surface area contributed by atoms with Crippen LogP contribution in [0.25, 0.3) is 10.9 Å². The van der Waals surface area contributed by atoms with Crippen molar-refractivity contribution in [2.75, 3.05) is 7.11 Å². The third kappa shape index (κ3) is 1.40. The lowest BCUT2D eigenvalue weighted by Gasteiger charge is -2.06. The standard InChI is InChI=1S/C10H8N2O4/c1-16-8-5-7(12(14)15)9-6(10(8)13)3-2-4-11-9/h2-5,13H,1H3. The molecule has 2 aromatic rings. The number of methoxy groups -OCH3 is 1. The van der Waals surface area contributed by atoms with Gasteiger partial charge in [-0.25, -0.2) is 4.98 Å². The topological polar surface area (TPSA) is 85.5 Å². The zero-order valence-corrected chi connectivity index (χ0v) is 8.38. The fraction of sp³-hybridized carbons (Fsp3) is 0.100. The van der Waals surface area contributed by atoms with Gasteiger partial charge in [0.1, 0.15) is 0 Å². The van der Waals surface area contributed by atoms with E-state index in [0.29, 0.717) is 5.39 Å². The largest absolute Gasteiger partial charge is 0.504 e. The number of hydrogen-bond acceptors (Lipinski definition) is 5. The summed E-state index contributed by atoms with van der Waals surface area (Å²) >= 11 is 0. The summed E-state index contributed by atoms with van der Waals surface area (Å²) in [6.07, 6.45) is 1.43. The van der Waals surface area contributed by atoms with Gasteiger partial charge in [0.05, 0.1) is 23.5 Å². The molecule has 1 N–H and O–H groups in total. The number of hydrogen-bond donors (Lipinski definition) is 1. The Kier molecular flexibility index (Phi) is 2.32. The van der Waals surface area contributed by atoms with E-state index < -0.39 is 4.92 Å². The number of pyridine rings is 1. The van der Waals surface area contributed by atoms with Gasteiger partial charge in [-0.2, -0.15) is 0 Å². The Bertz CT molecular complexity index is 568. The summed E-state index contributed by atoms with van der Waals surface area (Å²) in [6.45, 7) is 0. The minimum Gasteiger partial charge on any atom is -0.504 e. The molecule has 0 atom stereocenters. The van der Waals surface area contributed by atoms with Crippen molar-refractivity contribution < 1.29 is 14.8 Å². The van der Waals surface area contributed by atoms with E-state index in [9.17, 15) is 15.2 Å². The van der Waals surface area contributed by atoms with E-state index in [-0.39, 0.29) is 22.7 Å². The lowest BCUT2D eigenvalue weighted by Crippen LogP contribution is -1.94. The smallest absolute Gasteiger partial charge is 0.299 e. The molecule has 6 nitrogen and oxygen atoms in total. The van der Waals surface area contributed by atoms with E-state index in [4.69, 9.17) is 4.74 Å². The van der Waals surface area contributed by atoms with E-state index in [1.807, 2.05) is 0 Å². The summed E-state index contributed by atoms with van der Waals surface area (Å²) in [5.74, 6) is -0.0802. The average Bonchev–Trinajstić information content (AvgIpc) is 2.29. The Morgan fingerprint density at radius 2 is 2.31 bits per heavy atom. The number of aromatic hydroxyl groups is 1. The maximum Gasteiger partial charge on any atom is 0.299 e. The first kappa shape index (κ1) is 10.2. The van der Waals surface area contributed by atoms with Gasteiger partial charge < -0.3 is 9.84 Å². The number of phenols is 1. The molecular formula is C10H8N2O4. The van der Waals surface area contributed by atoms with E-state index >= 15 is 0 Å². The summed E-state index contributed by atoms with van der Waals surface area (Å²) in [5, 5.41) is 20.9. The maximum absolute atomic E-state index is 10.8. The summed E-state index contributed by atoms with van der Waals surface area (Å²) in [6, 6.07) is 4.29. The van der Waals surface area contributed by atoms with Crippen LogP contribution in [0.5, 0.6) is 11.5 Å². The number of nitro benzene ring substituents is 1. The summed E-state index contributed by atoms with van der Waals surface area (Å²) in [7, 11) is 1.33. The minimum absolute atomic E-state index is 0.0622. The molecule has 0 aliphatic rings. The number of aromatic nitrogens is 1. The van der Waals surface area contributed by atoms with Crippen LogP contribution in [0.15, 0.2) is 24.4 Å². The molecule has 0 aliphatic heterocycles. The van der Waals surface area contributed by atoms with Crippen molar-refractivity contribution in [3.05, 3.63) is 34.5 Å². The Morgan fingerprint density at radius 3 is 2.94 bits per heavy atom. The first-order valence-corrected chi connectivity index (χ1v) is 4.44. The van der Waals surface area contributed by atoms with Crippen LogP contribution in [0.1, 0.15) is 0 Å². The molecule has 0 aliphatic carbocycles. The number of phenolic OH excluding ortho intramolecular Hbond substituents is 1. The van der Waals surface area contributed by atoms with Crippen molar-refractivity contribution in [3.63, 3.8) is 0 Å². The minimum atomic E-state index is -0.558. The van der Waals surface area contributed by atoms with Gasteiger partial charge in [0.15, 0.2) is 17.0 Å². The van der Waals surface area contributed by atoms with Crippen molar-refractivity contribution in [3.8, 4) is 11.5 Å². The van der Waals surface area contributed by atoms with Crippen LogP contribution in [-0.4, -0.2) is 22.1 Å². The first-order valence-electron chi connectivity index (χ1n) is 4.44. The molecule has 1 aromatic carbocycles. The molecule has 0 unspecified atom stereocenters. The number of ether oxygens (including phenoxy) is 1. The monoisotopic (exact) mass is 220 g/mol. The van der Waals surface area contributed by atoms with Crippen LogP contribution in [0.3, 0.4) is 0 Å². The van der Waals surface area contributed by atoms with Crippen molar-refractivity contribution in [1.82, 2.24) is 4.98 Å². The average molecular weight is 220 g/mol. The fourth-order valence-corrected chi connectivity index (χ4v) is 1.49. The number of nitrogens with zero attached hydrogens (tertiary/aromatic N) is 2. The molecule has 0 amide bonds. The number of rotatable bonds is 2. The van der Waals surface area contributed by atoms with Crippen LogP contribution in [0.4, 0.5) is 5.69 Å². The second-order valence-electron chi connectivity index (χ2n) is 3.10. The molecule has 1 aromatic heterocycles. The third-order valence-corrected chi connectivity index (χ3v) is 2.22. The van der Waals surface area contributed by atoms with Gasteiger partial charge in [0.2, 0.25) is 0 Å². The molecule has 1 heterocycles. The van der Waals surface area contributed by atoms with E-state index in [0.717, 1.165) is 6.07 Å². The van der Waals surface area contributed by atoms with Crippen LogP contribution in [0.2, 0.25) is 0 Å². The first-order chi connectivity index (χ1) is 7.65. The highest BCUT2D eigenvalue weighted by Crippen LogP contribution is 2.38. The normalized spacial score (nSPS) is 10.3. The SMILES string of the molecule is COc1cc([N+](=O)[O-])c2ncccc2c1O. The molecule has 82 valence electrons. The Morgan fingerprint density at radius 1 is 1.56 bits per heavy atom. The van der Waals surface area contributed by atoms with Gasteiger partial charge in [-0.3, -0.25) is 10.1 Å². The Hall–Kier alpha value is -2.37. The van der Waals surface area contributed by atoms with Gasteiger partial charge in [-0.05, 0) is 12.1 Å². The highest BCUT2D eigenvalue weighted by atomic mass is 16.6. The summed E-state index contributed by atoms with van der Waals surface area (Å²) in [5.41, 5.74) is -0.0453. The van der Waals surface area contributed by atoms with Crippen molar-refractivity contribution in [2.24, 2.45) is 0 Å². The zero-order valence-electron chi connectivity index (χ0n) is 8.38. The van der Waals surface area contributed by atoms with Crippen LogP contribution < -0.4 is 4.74 Å². The molecule has 0 radical (unpaired) electrons. The second kappa shape index (κ2) is 3.65. The number of benzene rings is 1. The van der Waals surface area contributed by atoms with Gasteiger partial charge in [0, 0.05) is 6.20 Å². The predicted octanol–water partition coefficient (Wildman–Crippen LogP) is 1.86. The summed E-state index contributed by atoms with van der Waals surface area (Å²) in [4.78, 5) is 14.1. The lowest BCUT2D eigenvalue weighted by molar-refractivity contribution is -0.383. The summed E-state index contributed by atoms with van der Waals surface area (Å²) < 4.78 is 4.86. The molecule has 2 rings (SSSR count). The van der Waals surface area contributed by atoms with Crippen molar-refractivity contribution >= 4 is 16.6 Å². The van der Waals surface area contributed by atoms with E-state index in [1.54, 1.807) is 12.1 Å². The van der Waals surface area contributed by atoms with E-state index in [2.05, 4.69) is 4.98 Å². The van der Waals surface area contributed by atoms with Gasteiger partial charge in [0.25, 0.3) is 5.69 Å². The molecule has 0 bridgehead atoms. The molecule has 0 saturated carbocycles. The second-order valence-corrected chi connectivity index (χ2v) is 3.10. The highest BCUT2D eigenvalue weighted by Gasteiger charge is 2.19. The molecule has 6 heteroatoms. The van der Waals surface area contributed by atoms with Crippen LogP contribution in [0, 0.1) is 10.1 Å². The quantitative estimate of drug-likeness (QED) is 0.616. The van der Waals surface area contributed by atoms with Crippen LogP contribution >= 0.6 is 0 Å². The molecule has 0 fully saturated rings. The predicted molar refractivity (Wildman–Crippen MR) is 56.6 cm³/mol. The molecule has 16 heavy (non-hydrogen) atoms. The molecule has 0 spiro atoms. The van der Waals surface area contributed by atoms with Gasteiger partial charge >= 0.3 is 0 Å². The fourth-order valence-electron chi connectivity index (χ4n) is 1.49. The maximum atomic E-state index is 10.8. The van der Waals surface area contributed by atoms with Crippen molar-refractivity contribution in [2.45, 2.75) is 0 Å². The molecule has 0 saturated heterocycles. The number of non-ortho nitro benzene ring substituents is 1. The van der Waals surface area contributed by atoms with Crippen LogP contribution in [-0.2, 0) is 0 Å². The lowest BCUT2D eigenvalue weighted by atomic mass is 10.1. The Labute approximate surface area is 90.3 Å². The van der Waals surface area contributed by atoms with E-state index in [1.165, 1.54) is 13.3 Å². The molecular weight excluding hydrogens is 212 g/mol. The Balaban J connectivity index is 2.90. The van der Waals surface area contributed by atoms with Gasteiger partial charge in [-0.1, -0.05) is 0 Å².